The molecule has 0 bridgehead atoms. The van der Waals surface area contributed by atoms with Gasteiger partial charge in [-0.2, -0.15) is 0 Å². The van der Waals surface area contributed by atoms with Gasteiger partial charge >= 0.3 is 0 Å². The first-order chi connectivity index (χ1) is 13.5. The van der Waals surface area contributed by atoms with Crippen molar-refractivity contribution in [1.82, 2.24) is 10.6 Å². The Morgan fingerprint density at radius 1 is 0.607 bits per heavy atom. The van der Waals surface area contributed by atoms with Crippen LogP contribution < -0.4 is 10.6 Å². The molecule has 2 nitrogen and oxygen atoms in total. The van der Waals surface area contributed by atoms with Gasteiger partial charge in [0.25, 0.3) is 0 Å². The van der Waals surface area contributed by atoms with Crippen molar-refractivity contribution in [3.63, 3.8) is 0 Å². The van der Waals surface area contributed by atoms with E-state index < -0.39 is 0 Å². The number of benzene rings is 2. The lowest BCUT2D eigenvalue weighted by molar-refractivity contribution is 0.471. The van der Waals surface area contributed by atoms with Crippen LogP contribution in [-0.4, -0.2) is 12.1 Å². The van der Waals surface area contributed by atoms with Gasteiger partial charge in [0.1, 0.15) is 0 Å². The zero-order valence-corrected chi connectivity index (χ0v) is 17.9. The van der Waals surface area contributed by atoms with Crippen LogP contribution in [0.25, 0.3) is 0 Å². The summed E-state index contributed by atoms with van der Waals surface area (Å²) in [4.78, 5) is 0. The fourth-order valence-electron chi connectivity index (χ4n) is 3.20. The highest BCUT2D eigenvalue weighted by Gasteiger charge is 2.10. The van der Waals surface area contributed by atoms with Crippen molar-refractivity contribution in [3.05, 3.63) is 71.8 Å². The van der Waals surface area contributed by atoms with Crippen molar-refractivity contribution in [3.8, 4) is 11.8 Å². The summed E-state index contributed by atoms with van der Waals surface area (Å²) in [6.45, 7) is 10.8. The van der Waals surface area contributed by atoms with Crippen molar-refractivity contribution in [2.45, 2.75) is 65.7 Å². The van der Waals surface area contributed by atoms with E-state index in [0.29, 0.717) is 11.8 Å². The van der Waals surface area contributed by atoms with E-state index in [-0.39, 0.29) is 12.1 Å². The van der Waals surface area contributed by atoms with E-state index in [1.54, 1.807) is 0 Å². The lowest BCUT2D eigenvalue weighted by atomic mass is 10.0. The Bertz CT molecular complexity index is 649. The molecule has 2 aromatic carbocycles. The topological polar surface area (TPSA) is 24.1 Å². The van der Waals surface area contributed by atoms with Gasteiger partial charge in [-0.05, 0) is 35.8 Å². The second-order valence-electron chi connectivity index (χ2n) is 8.39. The third-order valence-corrected chi connectivity index (χ3v) is 4.64. The lowest BCUT2D eigenvalue weighted by Gasteiger charge is -2.18. The fourth-order valence-corrected chi connectivity index (χ4v) is 3.20. The number of nitrogens with one attached hydrogen (secondary N) is 2. The van der Waals surface area contributed by atoms with Gasteiger partial charge in [-0.1, -0.05) is 100 Å². The molecule has 0 heterocycles. The average Bonchev–Trinajstić information content (AvgIpc) is 2.68. The van der Waals surface area contributed by atoms with Gasteiger partial charge in [0.05, 0.1) is 12.1 Å². The summed E-state index contributed by atoms with van der Waals surface area (Å²) in [7, 11) is 0. The molecule has 0 amide bonds. The molecule has 2 unspecified atom stereocenters. The number of rotatable bonds is 10. The summed E-state index contributed by atoms with van der Waals surface area (Å²) in [6.07, 6.45) is 2.12. The largest absolute Gasteiger partial charge is 0.300 e. The molecule has 0 radical (unpaired) electrons. The Hall–Kier alpha value is -2.08. The average molecular weight is 377 g/mol. The molecule has 2 rings (SSSR count). The van der Waals surface area contributed by atoms with E-state index in [0.717, 1.165) is 25.9 Å². The predicted octanol–water partition coefficient (Wildman–Crippen LogP) is 5.40. The molecule has 0 aromatic heterocycles. The molecule has 28 heavy (non-hydrogen) atoms. The highest BCUT2D eigenvalue weighted by molar-refractivity contribution is 5.19. The predicted molar refractivity (Wildman–Crippen MR) is 121 cm³/mol. The van der Waals surface area contributed by atoms with Crippen molar-refractivity contribution >= 4 is 0 Å². The second-order valence-corrected chi connectivity index (χ2v) is 8.39. The zero-order valence-electron chi connectivity index (χ0n) is 17.9. The van der Waals surface area contributed by atoms with Gasteiger partial charge in [0.2, 0.25) is 0 Å². The summed E-state index contributed by atoms with van der Waals surface area (Å²) in [5, 5.41) is 7.30. The molecule has 0 aliphatic carbocycles. The molecule has 0 spiro atoms. The molecular formula is C26H36N2. The zero-order chi connectivity index (χ0) is 20.2. The van der Waals surface area contributed by atoms with Crippen molar-refractivity contribution in [1.29, 1.82) is 0 Å². The van der Waals surface area contributed by atoms with Crippen molar-refractivity contribution in [2.24, 2.45) is 11.8 Å². The molecule has 0 saturated carbocycles. The van der Waals surface area contributed by atoms with Gasteiger partial charge in [-0.3, -0.25) is 10.6 Å². The Kier molecular flexibility index (Phi) is 9.83. The van der Waals surface area contributed by atoms with Gasteiger partial charge in [0.15, 0.2) is 0 Å². The van der Waals surface area contributed by atoms with Crippen LogP contribution in [0.5, 0.6) is 0 Å². The molecule has 2 aromatic rings. The van der Waals surface area contributed by atoms with E-state index in [1.165, 1.54) is 11.1 Å². The Labute approximate surface area is 172 Å². The Morgan fingerprint density at radius 2 is 0.964 bits per heavy atom. The van der Waals surface area contributed by atoms with Crippen LogP contribution in [0.3, 0.4) is 0 Å². The summed E-state index contributed by atoms with van der Waals surface area (Å²) in [5.41, 5.74) is 2.61. The van der Waals surface area contributed by atoms with E-state index in [4.69, 9.17) is 0 Å². The van der Waals surface area contributed by atoms with Gasteiger partial charge in [0, 0.05) is 13.1 Å². The van der Waals surface area contributed by atoms with Crippen LogP contribution in [0.1, 0.15) is 51.7 Å². The normalized spacial score (nSPS) is 13.2. The summed E-state index contributed by atoms with van der Waals surface area (Å²) in [5.74, 6) is 8.31. The van der Waals surface area contributed by atoms with Crippen LogP contribution in [0.2, 0.25) is 0 Å². The SMILES string of the molecule is CC(C)CC(C#CC(CC(C)C)NCc1ccccc1)NCc1ccccc1. The first kappa shape index (κ1) is 22.2. The summed E-state index contributed by atoms with van der Waals surface area (Å²) < 4.78 is 0. The van der Waals surface area contributed by atoms with E-state index in [1.807, 2.05) is 0 Å². The molecule has 0 aliphatic rings. The quantitative estimate of drug-likeness (QED) is 0.543. The summed E-state index contributed by atoms with van der Waals surface area (Å²) >= 11 is 0. The monoisotopic (exact) mass is 376 g/mol. The molecular weight excluding hydrogens is 340 g/mol. The van der Waals surface area contributed by atoms with Gasteiger partial charge in [-0.25, -0.2) is 0 Å². The first-order valence-electron chi connectivity index (χ1n) is 10.6. The number of hydrogen-bond donors (Lipinski definition) is 2. The maximum Gasteiger partial charge on any atom is 0.0695 e. The minimum atomic E-state index is 0.216. The third-order valence-electron chi connectivity index (χ3n) is 4.64. The van der Waals surface area contributed by atoms with Gasteiger partial charge < -0.3 is 0 Å². The Morgan fingerprint density at radius 3 is 1.29 bits per heavy atom. The van der Waals surface area contributed by atoms with E-state index >= 15 is 0 Å². The van der Waals surface area contributed by atoms with E-state index in [9.17, 15) is 0 Å². The highest BCUT2D eigenvalue weighted by atomic mass is 14.9. The minimum absolute atomic E-state index is 0.216. The van der Waals surface area contributed by atoms with Crippen LogP contribution in [0.4, 0.5) is 0 Å². The van der Waals surface area contributed by atoms with Crippen LogP contribution in [0.15, 0.2) is 60.7 Å². The van der Waals surface area contributed by atoms with Crippen molar-refractivity contribution in [2.75, 3.05) is 0 Å². The minimum Gasteiger partial charge on any atom is -0.300 e. The second kappa shape index (κ2) is 12.4. The molecule has 2 N–H and O–H groups in total. The van der Waals surface area contributed by atoms with Gasteiger partial charge in [-0.15, -0.1) is 0 Å². The first-order valence-corrected chi connectivity index (χ1v) is 10.6. The standard InChI is InChI=1S/C26H36N2/c1-21(2)17-25(27-19-23-11-7-5-8-12-23)15-16-26(18-22(3)4)28-20-24-13-9-6-10-14-24/h5-14,21-22,25-28H,17-20H2,1-4H3. The maximum absolute atomic E-state index is 3.65. The number of hydrogen-bond acceptors (Lipinski definition) is 2. The molecule has 0 fully saturated rings. The smallest absolute Gasteiger partial charge is 0.0695 e. The lowest BCUT2D eigenvalue weighted by Crippen LogP contribution is -2.31. The third kappa shape index (κ3) is 9.22. The highest BCUT2D eigenvalue weighted by Crippen LogP contribution is 2.09. The molecule has 2 heteroatoms. The van der Waals surface area contributed by atoms with Crippen LogP contribution in [0, 0.1) is 23.7 Å². The van der Waals surface area contributed by atoms with Crippen LogP contribution >= 0.6 is 0 Å². The van der Waals surface area contributed by atoms with Crippen molar-refractivity contribution < 1.29 is 0 Å². The molecule has 0 aliphatic heterocycles. The van der Waals surface area contributed by atoms with E-state index in [2.05, 4.69) is 111 Å². The molecule has 2 atom stereocenters. The summed E-state index contributed by atoms with van der Waals surface area (Å²) in [6, 6.07) is 21.6. The molecule has 0 saturated heterocycles. The van der Waals surface area contributed by atoms with Crippen LogP contribution in [-0.2, 0) is 13.1 Å². The molecule has 150 valence electrons. The Balaban J connectivity index is 2.00. The fraction of sp³-hybridized carbons (Fsp3) is 0.462. The maximum atomic E-state index is 3.65.